The van der Waals surface area contributed by atoms with Gasteiger partial charge in [0, 0.05) is 16.8 Å². The molecule has 0 saturated heterocycles. The fourth-order valence-electron chi connectivity index (χ4n) is 2.82. The van der Waals surface area contributed by atoms with Crippen molar-refractivity contribution >= 4 is 23.4 Å². The van der Waals surface area contributed by atoms with E-state index in [2.05, 4.69) is 20.5 Å². The Balaban J connectivity index is 1.54. The molecule has 30 heavy (non-hydrogen) atoms. The second kappa shape index (κ2) is 9.28. The number of benzene rings is 3. The lowest BCUT2D eigenvalue weighted by molar-refractivity contribution is -0.113. The molecule has 0 aliphatic heterocycles. The summed E-state index contributed by atoms with van der Waals surface area (Å²) < 4.78 is 13.0. The van der Waals surface area contributed by atoms with Crippen LogP contribution in [0, 0.1) is 5.82 Å². The molecule has 3 aromatic carbocycles. The van der Waals surface area contributed by atoms with Gasteiger partial charge in [-0.3, -0.25) is 4.79 Å². The topological polar surface area (TPSA) is 67.8 Å². The molecule has 0 bridgehead atoms. The predicted octanol–water partition coefficient (Wildman–Crippen LogP) is 5.08. The first-order valence-electron chi connectivity index (χ1n) is 9.23. The highest BCUT2D eigenvalue weighted by Gasteiger charge is 2.14. The minimum atomic E-state index is -0.353. The van der Waals surface area contributed by atoms with Gasteiger partial charge in [0.2, 0.25) is 11.1 Å². The number of anilines is 1. The highest BCUT2D eigenvalue weighted by atomic mass is 32.2. The van der Waals surface area contributed by atoms with E-state index in [-0.39, 0.29) is 17.5 Å². The summed E-state index contributed by atoms with van der Waals surface area (Å²) in [5.41, 5.74) is 3.76. The Labute approximate surface area is 177 Å². The molecule has 0 saturated carbocycles. The maximum atomic E-state index is 13.0. The van der Waals surface area contributed by atoms with Crippen molar-refractivity contribution in [1.29, 1.82) is 0 Å². The van der Waals surface area contributed by atoms with Crippen molar-refractivity contribution in [3.8, 4) is 22.5 Å². The molecule has 0 radical (unpaired) electrons. The van der Waals surface area contributed by atoms with Gasteiger partial charge in [0.15, 0.2) is 0 Å². The number of carbonyl (C=O) groups is 1. The smallest absolute Gasteiger partial charge is 0.234 e. The monoisotopic (exact) mass is 416 g/mol. The highest BCUT2D eigenvalue weighted by Crippen LogP contribution is 2.29. The van der Waals surface area contributed by atoms with Crippen LogP contribution >= 0.6 is 11.8 Å². The van der Waals surface area contributed by atoms with Crippen LogP contribution in [0.5, 0.6) is 0 Å². The summed E-state index contributed by atoms with van der Waals surface area (Å²) in [6.07, 6.45) is 0. The highest BCUT2D eigenvalue weighted by molar-refractivity contribution is 7.99. The fourth-order valence-corrected chi connectivity index (χ4v) is 3.41. The van der Waals surface area contributed by atoms with Gasteiger partial charge in [0.25, 0.3) is 0 Å². The molecule has 0 unspecified atom stereocenters. The molecule has 0 spiro atoms. The van der Waals surface area contributed by atoms with E-state index in [9.17, 15) is 9.18 Å². The number of halogens is 1. The van der Waals surface area contributed by atoms with Crippen molar-refractivity contribution in [2.75, 3.05) is 11.1 Å². The van der Waals surface area contributed by atoms with Crippen LogP contribution in [0.15, 0.2) is 90.1 Å². The first-order chi connectivity index (χ1) is 14.7. The summed E-state index contributed by atoms with van der Waals surface area (Å²) in [6, 6.07) is 25.1. The molecular weight excluding hydrogens is 399 g/mol. The quantitative estimate of drug-likeness (QED) is 0.444. The standard InChI is InChI=1S/C23H17FN4OS/c24-18-11-13-19(14-12-18)25-20(29)15-30-23-26-21(16-7-3-1-4-8-16)22(27-28-23)17-9-5-2-6-10-17/h1-14H,15H2,(H,25,29). The average molecular weight is 416 g/mol. The normalized spacial score (nSPS) is 10.6. The molecule has 1 N–H and O–H groups in total. The molecule has 0 aliphatic rings. The minimum Gasteiger partial charge on any atom is -0.325 e. The zero-order valence-electron chi connectivity index (χ0n) is 15.8. The summed E-state index contributed by atoms with van der Waals surface area (Å²) in [7, 11) is 0. The molecule has 0 aliphatic carbocycles. The number of rotatable bonds is 6. The van der Waals surface area contributed by atoms with Crippen LogP contribution < -0.4 is 5.32 Å². The van der Waals surface area contributed by atoms with Gasteiger partial charge >= 0.3 is 0 Å². The van der Waals surface area contributed by atoms with E-state index in [1.54, 1.807) is 0 Å². The Hall–Kier alpha value is -3.58. The number of carbonyl (C=O) groups excluding carboxylic acids is 1. The Morgan fingerprint density at radius 3 is 2.03 bits per heavy atom. The third-order valence-corrected chi connectivity index (χ3v) is 5.06. The number of nitrogens with one attached hydrogen (secondary N) is 1. The van der Waals surface area contributed by atoms with Gasteiger partial charge < -0.3 is 5.32 Å². The summed E-state index contributed by atoms with van der Waals surface area (Å²) in [6.45, 7) is 0. The molecule has 0 atom stereocenters. The van der Waals surface area contributed by atoms with E-state index >= 15 is 0 Å². The molecule has 1 amide bonds. The first kappa shape index (κ1) is 19.7. The van der Waals surface area contributed by atoms with Crippen molar-refractivity contribution in [3.05, 3.63) is 90.7 Å². The van der Waals surface area contributed by atoms with Gasteiger partial charge in [-0.05, 0) is 24.3 Å². The van der Waals surface area contributed by atoms with E-state index in [0.717, 1.165) is 11.1 Å². The van der Waals surface area contributed by atoms with Crippen LogP contribution in [0.3, 0.4) is 0 Å². The van der Waals surface area contributed by atoms with E-state index in [1.807, 2.05) is 60.7 Å². The predicted molar refractivity (Wildman–Crippen MR) is 116 cm³/mol. The average Bonchev–Trinajstić information content (AvgIpc) is 2.80. The lowest BCUT2D eigenvalue weighted by Gasteiger charge is -2.09. The molecule has 4 aromatic rings. The third kappa shape index (κ3) is 4.87. The Kier molecular flexibility index (Phi) is 6.10. The van der Waals surface area contributed by atoms with E-state index in [0.29, 0.717) is 22.2 Å². The van der Waals surface area contributed by atoms with Crippen molar-refractivity contribution in [1.82, 2.24) is 15.2 Å². The van der Waals surface area contributed by atoms with Gasteiger partial charge in [0.05, 0.1) is 5.75 Å². The second-order valence-electron chi connectivity index (χ2n) is 6.37. The number of nitrogens with zero attached hydrogens (tertiary/aromatic N) is 3. The molecule has 0 fully saturated rings. The largest absolute Gasteiger partial charge is 0.325 e. The van der Waals surface area contributed by atoms with Crippen molar-refractivity contribution in [2.45, 2.75) is 5.16 Å². The molecule has 7 heteroatoms. The number of hydrogen-bond acceptors (Lipinski definition) is 5. The van der Waals surface area contributed by atoms with Gasteiger partial charge in [-0.15, -0.1) is 10.2 Å². The van der Waals surface area contributed by atoms with Crippen LogP contribution in [-0.2, 0) is 4.79 Å². The zero-order chi connectivity index (χ0) is 20.8. The van der Waals surface area contributed by atoms with Crippen LogP contribution in [0.4, 0.5) is 10.1 Å². The summed E-state index contributed by atoms with van der Waals surface area (Å²) >= 11 is 1.19. The molecule has 5 nitrogen and oxygen atoms in total. The summed E-state index contributed by atoms with van der Waals surface area (Å²) in [4.78, 5) is 16.9. The molecule has 4 rings (SSSR count). The number of aromatic nitrogens is 3. The lowest BCUT2D eigenvalue weighted by atomic mass is 10.0. The van der Waals surface area contributed by atoms with Gasteiger partial charge in [-0.1, -0.05) is 72.4 Å². The van der Waals surface area contributed by atoms with Crippen LogP contribution in [0.25, 0.3) is 22.5 Å². The summed E-state index contributed by atoms with van der Waals surface area (Å²) in [5, 5.41) is 11.7. The number of thioether (sulfide) groups is 1. The maximum absolute atomic E-state index is 13.0. The van der Waals surface area contributed by atoms with E-state index in [1.165, 1.54) is 36.0 Å². The third-order valence-electron chi connectivity index (χ3n) is 4.22. The van der Waals surface area contributed by atoms with Crippen LogP contribution in [0.2, 0.25) is 0 Å². The molecule has 148 valence electrons. The van der Waals surface area contributed by atoms with Crippen LogP contribution in [-0.4, -0.2) is 26.8 Å². The maximum Gasteiger partial charge on any atom is 0.234 e. The van der Waals surface area contributed by atoms with Crippen LogP contribution in [0.1, 0.15) is 0 Å². The van der Waals surface area contributed by atoms with E-state index in [4.69, 9.17) is 0 Å². The SMILES string of the molecule is O=C(CSc1nnc(-c2ccccc2)c(-c2ccccc2)n1)Nc1ccc(F)cc1. The van der Waals surface area contributed by atoms with Gasteiger partial charge in [0.1, 0.15) is 17.2 Å². The minimum absolute atomic E-state index is 0.109. The van der Waals surface area contributed by atoms with E-state index < -0.39 is 0 Å². The fraction of sp³-hybridized carbons (Fsp3) is 0.0435. The summed E-state index contributed by atoms with van der Waals surface area (Å²) in [5.74, 6) is -0.477. The lowest BCUT2D eigenvalue weighted by Crippen LogP contribution is -2.14. The number of hydrogen-bond donors (Lipinski definition) is 1. The number of amides is 1. The second-order valence-corrected chi connectivity index (χ2v) is 7.31. The Morgan fingerprint density at radius 2 is 1.40 bits per heavy atom. The van der Waals surface area contributed by atoms with Gasteiger partial charge in [-0.2, -0.15) is 0 Å². The zero-order valence-corrected chi connectivity index (χ0v) is 16.6. The van der Waals surface area contributed by atoms with Gasteiger partial charge in [-0.25, -0.2) is 9.37 Å². The van der Waals surface area contributed by atoms with Crippen molar-refractivity contribution in [3.63, 3.8) is 0 Å². The molecular formula is C23H17FN4OS. The molecule has 1 heterocycles. The first-order valence-corrected chi connectivity index (χ1v) is 10.2. The Morgan fingerprint density at radius 1 is 0.800 bits per heavy atom. The van der Waals surface area contributed by atoms with Crippen molar-refractivity contribution in [2.24, 2.45) is 0 Å². The Bertz CT molecular complexity index is 1140. The molecule has 1 aromatic heterocycles. The van der Waals surface area contributed by atoms with Crippen molar-refractivity contribution < 1.29 is 9.18 Å².